The van der Waals surface area contributed by atoms with E-state index in [1.165, 1.54) is 45.5 Å². The molecule has 0 bridgehead atoms. The lowest BCUT2D eigenvalue weighted by Gasteiger charge is -2.33. The first-order valence-corrected chi connectivity index (χ1v) is 15.5. The van der Waals surface area contributed by atoms with Crippen LogP contribution in [-0.4, -0.2) is 26.4 Å². The number of aryl methyl sites for hydroxylation is 1. The molecule has 0 saturated heterocycles. The van der Waals surface area contributed by atoms with E-state index in [0.717, 1.165) is 55.2 Å². The van der Waals surface area contributed by atoms with Crippen molar-refractivity contribution in [3.63, 3.8) is 0 Å². The molecule has 1 N–H and O–H groups in total. The first-order chi connectivity index (χ1) is 17.3. The molecule has 36 heavy (non-hydrogen) atoms. The number of anilines is 1. The van der Waals surface area contributed by atoms with Crippen LogP contribution in [0.15, 0.2) is 10.5 Å². The molecule has 3 aromatic rings. The standard InChI is InChI=1S/C27H33N5OS3/c1-5-32-24(20-14-34-21-9-7-6-8-17(20)21)30-31-26(32)35-15-23(33)29-25-19(13-28)18-11-10-16(27(2,3)4)12-22(18)36-25/h14,16H,5-12,15H2,1-4H3,(H,29,33). The van der Waals surface area contributed by atoms with Crippen molar-refractivity contribution in [1.29, 1.82) is 5.26 Å². The summed E-state index contributed by atoms with van der Waals surface area (Å²) < 4.78 is 2.12. The molecular weight excluding hydrogens is 507 g/mol. The van der Waals surface area contributed by atoms with Gasteiger partial charge in [-0.3, -0.25) is 4.79 Å². The van der Waals surface area contributed by atoms with Gasteiger partial charge in [-0.05, 0) is 74.3 Å². The Morgan fingerprint density at radius 3 is 2.78 bits per heavy atom. The highest BCUT2D eigenvalue weighted by atomic mass is 32.2. The second kappa shape index (κ2) is 10.3. The Hall–Kier alpha value is -2.15. The SMILES string of the molecule is CCn1c(SCC(=O)Nc2sc3c(c2C#N)CCC(C(C)(C)C)C3)nnc1-c1csc2c1CCCC2. The van der Waals surface area contributed by atoms with Crippen LogP contribution in [0.2, 0.25) is 0 Å². The van der Waals surface area contributed by atoms with E-state index in [4.69, 9.17) is 0 Å². The summed E-state index contributed by atoms with van der Waals surface area (Å²) in [6.07, 6.45) is 7.75. The number of amides is 1. The van der Waals surface area contributed by atoms with Gasteiger partial charge in [0.25, 0.3) is 0 Å². The lowest BCUT2D eigenvalue weighted by Crippen LogP contribution is -2.26. The van der Waals surface area contributed by atoms with E-state index in [0.29, 0.717) is 16.5 Å². The molecule has 9 heteroatoms. The number of thiophene rings is 2. The minimum Gasteiger partial charge on any atom is -0.316 e. The van der Waals surface area contributed by atoms with E-state index in [1.54, 1.807) is 11.3 Å². The molecule has 6 nitrogen and oxygen atoms in total. The predicted molar refractivity (Wildman–Crippen MR) is 149 cm³/mol. The normalized spacial score (nSPS) is 17.4. The van der Waals surface area contributed by atoms with Crippen LogP contribution in [0.5, 0.6) is 0 Å². The van der Waals surface area contributed by atoms with E-state index in [-0.39, 0.29) is 17.1 Å². The van der Waals surface area contributed by atoms with Gasteiger partial charge in [0.2, 0.25) is 5.91 Å². The van der Waals surface area contributed by atoms with Gasteiger partial charge in [0.15, 0.2) is 11.0 Å². The fourth-order valence-electron chi connectivity index (χ4n) is 5.39. The molecule has 0 radical (unpaired) electrons. The van der Waals surface area contributed by atoms with E-state index in [1.807, 2.05) is 11.3 Å². The average molecular weight is 540 g/mol. The summed E-state index contributed by atoms with van der Waals surface area (Å²) in [5.74, 6) is 1.63. The van der Waals surface area contributed by atoms with Crippen molar-refractivity contribution in [1.82, 2.24) is 14.8 Å². The number of nitrogens with zero attached hydrogens (tertiary/aromatic N) is 4. The lowest BCUT2D eigenvalue weighted by atomic mass is 9.72. The minimum atomic E-state index is -0.109. The maximum atomic E-state index is 12.9. The number of nitriles is 1. The Morgan fingerprint density at radius 2 is 2.03 bits per heavy atom. The zero-order chi connectivity index (χ0) is 25.4. The van der Waals surface area contributed by atoms with Gasteiger partial charge in [0.1, 0.15) is 11.1 Å². The molecule has 0 saturated carbocycles. The van der Waals surface area contributed by atoms with Crippen molar-refractivity contribution in [2.75, 3.05) is 11.1 Å². The predicted octanol–water partition coefficient (Wildman–Crippen LogP) is 6.72. The third-order valence-corrected chi connectivity index (χ3v) is 10.7. The molecule has 2 aliphatic rings. The summed E-state index contributed by atoms with van der Waals surface area (Å²) in [7, 11) is 0. The summed E-state index contributed by atoms with van der Waals surface area (Å²) in [5, 5.41) is 25.5. The molecule has 190 valence electrons. The van der Waals surface area contributed by atoms with Gasteiger partial charge in [-0.25, -0.2) is 0 Å². The molecule has 3 heterocycles. The summed E-state index contributed by atoms with van der Waals surface area (Å²) in [6.45, 7) is 9.71. The van der Waals surface area contributed by atoms with Crippen molar-refractivity contribution in [3.05, 3.63) is 31.8 Å². The molecule has 3 aromatic heterocycles. The Bertz CT molecular complexity index is 1320. The zero-order valence-corrected chi connectivity index (χ0v) is 23.9. The van der Waals surface area contributed by atoms with E-state index in [2.05, 4.69) is 59.2 Å². The number of hydrogen-bond acceptors (Lipinski definition) is 7. The number of fused-ring (bicyclic) bond motifs is 2. The Labute approximate surface area is 225 Å². The van der Waals surface area contributed by atoms with Gasteiger partial charge in [0.05, 0.1) is 11.3 Å². The van der Waals surface area contributed by atoms with Crippen LogP contribution in [-0.2, 0) is 37.0 Å². The van der Waals surface area contributed by atoms with Crippen molar-refractivity contribution < 1.29 is 4.79 Å². The van der Waals surface area contributed by atoms with Crippen molar-refractivity contribution in [2.45, 2.75) is 84.3 Å². The minimum absolute atomic E-state index is 0.109. The maximum Gasteiger partial charge on any atom is 0.235 e. The number of thioether (sulfide) groups is 1. The second-order valence-corrected chi connectivity index (χ2v) is 13.8. The molecule has 0 aliphatic heterocycles. The smallest absolute Gasteiger partial charge is 0.235 e. The Morgan fingerprint density at radius 1 is 1.22 bits per heavy atom. The molecule has 0 spiro atoms. The van der Waals surface area contributed by atoms with E-state index in [9.17, 15) is 10.1 Å². The van der Waals surface area contributed by atoms with Gasteiger partial charge < -0.3 is 9.88 Å². The van der Waals surface area contributed by atoms with Crippen molar-refractivity contribution in [3.8, 4) is 17.5 Å². The van der Waals surface area contributed by atoms with Crippen LogP contribution >= 0.6 is 34.4 Å². The number of aromatic nitrogens is 3. The largest absolute Gasteiger partial charge is 0.316 e. The third-order valence-electron chi connectivity index (χ3n) is 7.52. The third kappa shape index (κ3) is 4.88. The van der Waals surface area contributed by atoms with Crippen LogP contribution in [0.25, 0.3) is 11.4 Å². The highest BCUT2D eigenvalue weighted by molar-refractivity contribution is 7.99. The monoisotopic (exact) mass is 539 g/mol. The Balaban J connectivity index is 1.28. The molecule has 5 rings (SSSR count). The zero-order valence-electron chi connectivity index (χ0n) is 21.4. The molecule has 0 aromatic carbocycles. The number of carbonyl (C=O) groups is 1. The highest BCUT2D eigenvalue weighted by Crippen LogP contribution is 2.44. The summed E-state index contributed by atoms with van der Waals surface area (Å²) in [4.78, 5) is 15.7. The molecule has 2 aliphatic carbocycles. The summed E-state index contributed by atoms with van der Waals surface area (Å²) in [5.41, 5.74) is 4.67. The van der Waals surface area contributed by atoms with Gasteiger partial charge in [0, 0.05) is 27.2 Å². The lowest BCUT2D eigenvalue weighted by molar-refractivity contribution is -0.113. The number of carbonyl (C=O) groups excluding carboxylic acids is 1. The first kappa shape index (κ1) is 25.5. The van der Waals surface area contributed by atoms with E-state index >= 15 is 0 Å². The van der Waals surface area contributed by atoms with Crippen LogP contribution in [0, 0.1) is 22.7 Å². The van der Waals surface area contributed by atoms with E-state index < -0.39 is 0 Å². The topological polar surface area (TPSA) is 83.6 Å². The van der Waals surface area contributed by atoms with Gasteiger partial charge in [-0.2, -0.15) is 5.26 Å². The van der Waals surface area contributed by atoms with Gasteiger partial charge in [-0.1, -0.05) is 32.5 Å². The van der Waals surface area contributed by atoms with Crippen molar-refractivity contribution >= 4 is 45.3 Å². The number of nitrogens with one attached hydrogen (secondary N) is 1. The van der Waals surface area contributed by atoms with Crippen LogP contribution < -0.4 is 5.32 Å². The average Bonchev–Trinajstić information content (AvgIpc) is 3.55. The maximum absolute atomic E-state index is 12.9. The number of hydrogen-bond donors (Lipinski definition) is 1. The molecular formula is C27H33N5OS3. The molecule has 1 amide bonds. The van der Waals surface area contributed by atoms with Crippen LogP contribution in [0.3, 0.4) is 0 Å². The van der Waals surface area contributed by atoms with Crippen LogP contribution in [0.1, 0.15) is 73.4 Å². The fourth-order valence-corrected chi connectivity index (χ4v) is 8.61. The Kier molecular flexibility index (Phi) is 7.30. The fraction of sp³-hybridized carbons (Fsp3) is 0.556. The summed E-state index contributed by atoms with van der Waals surface area (Å²) in [6, 6.07) is 2.36. The molecule has 1 unspecified atom stereocenters. The van der Waals surface area contributed by atoms with Gasteiger partial charge >= 0.3 is 0 Å². The molecule has 1 atom stereocenters. The first-order valence-electron chi connectivity index (χ1n) is 12.8. The quantitative estimate of drug-likeness (QED) is 0.352. The van der Waals surface area contributed by atoms with Crippen LogP contribution in [0.4, 0.5) is 5.00 Å². The molecule has 0 fully saturated rings. The highest BCUT2D eigenvalue weighted by Gasteiger charge is 2.32. The number of rotatable bonds is 6. The van der Waals surface area contributed by atoms with Crippen molar-refractivity contribution in [2.24, 2.45) is 11.3 Å². The second-order valence-electron chi connectivity index (χ2n) is 10.8. The van der Waals surface area contributed by atoms with Gasteiger partial charge in [-0.15, -0.1) is 32.9 Å². The summed E-state index contributed by atoms with van der Waals surface area (Å²) >= 11 is 4.83.